The number of piperidine rings is 1. The number of rotatable bonds is 1. The quantitative estimate of drug-likeness (QED) is 0.811. The van der Waals surface area contributed by atoms with Gasteiger partial charge in [0.2, 0.25) is 0 Å². The third-order valence-electron chi connectivity index (χ3n) is 3.28. The van der Waals surface area contributed by atoms with Crippen LogP contribution in [0.4, 0.5) is 5.82 Å². The smallest absolute Gasteiger partial charge is 0.180 e. The maximum absolute atomic E-state index is 4.59. The van der Waals surface area contributed by atoms with E-state index in [1.807, 2.05) is 23.0 Å². The molecule has 4 nitrogen and oxygen atoms in total. The van der Waals surface area contributed by atoms with E-state index >= 15 is 0 Å². The lowest BCUT2D eigenvalue weighted by atomic mass is 10.0. The van der Waals surface area contributed by atoms with Gasteiger partial charge in [0.05, 0.1) is 0 Å². The van der Waals surface area contributed by atoms with Gasteiger partial charge in [-0.25, -0.2) is 9.97 Å². The van der Waals surface area contributed by atoms with Crippen LogP contribution in [0.25, 0.3) is 5.65 Å². The predicted molar refractivity (Wildman–Crippen MR) is 71.3 cm³/mol. The molecule has 17 heavy (non-hydrogen) atoms. The van der Waals surface area contributed by atoms with Gasteiger partial charge in [0, 0.05) is 31.7 Å². The summed E-state index contributed by atoms with van der Waals surface area (Å²) in [7, 11) is 0. The van der Waals surface area contributed by atoms with Crippen molar-refractivity contribution in [2.45, 2.75) is 19.8 Å². The van der Waals surface area contributed by atoms with Gasteiger partial charge in [0.1, 0.15) is 4.60 Å². The van der Waals surface area contributed by atoms with Crippen molar-refractivity contribution >= 4 is 27.4 Å². The molecule has 0 bridgehead atoms. The van der Waals surface area contributed by atoms with E-state index in [9.17, 15) is 0 Å². The number of hydrogen-bond donors (Lipinski definition) is 0. The zero-order valence-corrected chi connectivity index (χ0v) is 11.4. The van der Waals surface area contributed by atoms with E-state index in [0.717, 1.165) is 35.1 Å². The largest absolute Gasteiger partial charge is 0.353 e. The Kier molecular flexibility index (Phi) is 2.78. The molecule has 2 aromatic heterocycles. The summed E-state index contributed by atoms with van der Waals surface area (Å²) < 4.78 is 2.88. The van der Waals surface area contributed by atoms with Gasteiger partial charge in [0.15, 0.2) is 11.5 Å². The van der Waals surface area contributed by atoms with Crippen LogP contribution in [-0.2, 0) is 0 Å². The van der Waals surface area contributed by atoms with Crippen LogP contribution in [0.2, 0.25) is 0 Å². The molecule has 0 aliphatic carbocycles. The summed E-state index contributed by atoms with van der Waals surface area (Å²) >= 11 is 3.46. The second-order valence-corrected chi connectivity index (χ2v) is 5.55. The molecule has 1 unspecified atom stereocenters. The fraction of sp³-hybridized carbons (Fsp3) is 0.500. The van der Waals surface area contributed by atoms with E-state index in [1.165, 1.54) is 12.8 Å². The summed E-state index contributed by atoms with van der Waals surface area (Å²) in [5, 5.41) is 0. The second kappa shape index (κ2) is 4.29. The van der Waals surface area contributed by atoms with Crippen molar-refractivity contribution in [2.24, 2.45) is 5.92 Å². The van der Waals surface area contributed by atoms with Gasteiger partial charge in [-0.1, -0.05) is 6.92 Å². The monoisotopic (exact) mass is 294 g/mol. The van der Waals surface area contributed by atoms with E-state index in [4.69, 9.17) is 0 Å². The van der Waals surface area contributed by atoms with Crippen LogP contribution in [0.3, 0.4) is 0 Å². The minimum absolute atomic E-state index is 0.736. The Hall–Kier alpha value is -1.10. The van der Waals surface area contributed by atoms with E-state index in [1.54, 1.807) is 0 Å². The van der Waals surface area contributed by atoms with Gasteiger partial charge in [-0.3, -0.25) is 0 Å². The second-order valence-electron chi connectivity index (χ2n) is 4.74. The highest BCUT2D eigenvalue weighted by atomic mass is 79.9. The van der Waals surface area contributed by atoms with Gasteiger partial charge in [-0.2, -0.15) is 0 Å². The number of hydrogen-bond acceptors (Lipinski definition) is 3. The van der Waals surface area contributed by atoms with Gasteiger partial charge in [-0.15, -0.1) is 0 Å². The molecule has 0 saturated carbocycles. The maximum atomic E-state index is 4.59. The summed E-state index contributed by atoms with van der Waals surface area (Å²) in [5.74, 6) is 1.73. The lowest BCUT2D eigenvalue weighted by Crippen LogP contribution is -2.35. The Morgan fingerprint density at radius 1 is 1.47 bits per heavy atom. The topological polar surface area (TPSA) is 33.4 Å². The molecule has 3 rings (SSSR count). The zero-order valence-electron chi connectivity index (χ0n) is 9.80. The van der Waals surface area contributed by atoms with Crippen LogP contribution in [0.5, 0.6) is 0 Å². The lowest BCUT2D eigenvalue weighted by molar-refractivity contribution is 0.445. The summed E-state index contributed by atoms with van der Waals surface area (Å²) in [4.78, 5) is 11.3. The molecule has 1 aliphatic rings. The van der Waals surface area contributed by atoms with Crippen LogP contribution in [-0.4, -0.2) is 27.5 Å². The molecule has 0 radical (unpaired) electrons. The fourth-order valence-electron chi connectivity index (χ4n) is 2.48. The molecular formula is C12H15BrN4. The molecule has 90 valence electrons. The van der Waals surface area contributed by atoms with Crippen LogP contribution < -0.4 is 4.90 Å². The van der Waals surface area contributed by atoms with Crippen molar-refractivity contribution in [3.63, 3.8) is 0 Å². The molecule has 3 heterocycles. The first-order valence-electron chi connectivity index (χ1n) is 5.98. The van der Waals surface area contributed by atoms with E-state index in [-0.39, 0.29) is 0 Å². The Bertz CT molecular complexity index is 536. The number of fused-ring (bicyclic) bond motifs is 1. The van der Waals surface area contributed by atoms with Crippen molar-refractivity contribution < 1.29 is 0 Å². The lowest BCUT2D eigenvalue weighted by Gasteiger charge is -2.31. The third kappa shape index (κ3) is 2.04. The van der Waals surface area contributed by atoms with Gasteiger partial charge in [-0.05, 0) is 34.7 Å². The minimum Gasteiger partial charge on any atom is -0.353 e. The van der Waals surface area contributed by atoms with Gasteiger partial charge >= 0.3 is 0 Å². The standard InChI is InChI=1S/C12H15BrN4/c1-9-3-2-5-16(7-9)12-11-14-4-6-17(11)8-10(13)15-12/h4,6,8-9H,2-3,5,7H2,1H3. The van der Waals surface area contributed by atoms with Gasteiger partial charge < -0.3 is 9.30 Å². The van der Waals surface area contributed by atoms with Crippen molar-refractivity contribution in [2.75, 3.05) is 18.0 Å². The highest BCUT2D eigenvalue weighted by Gasteiger charge is 2.20. The van der Waals surface area contributed by atoms with Crippen LogP contribution in [0.1, 0.15) is 19.8 Å². The number of imidazole rings is 1. The Morgan fingerprint density at radius 3 is 3.18 bits per heavy atom. The molecule has 0 aromatic carbocycles. The normalized spacial score (nSPS) is 21.1. The summed E-state index contributed by atoms with van der Waals surface area (Å²) in [6.45, 7) is 4.45. The Morgan fingerprint density at radius 2 is 2.35 bits per heavy atom. The minimum atomic E-state index is 0.736. The molecule has 0 amide bonds. The number of anilines is 1. The van der Waals surface area contributed by atoms with E-state index in [0.29, 0.717) is 0 Å². The maximum Gasteiger partial charge on any atom is 0.180 e. The van der Waals surface area contributed by atoms with Crippen molar-refractivity contribution in [3.05, 3.63) is 23.2 Å². The summed E-state index contributed by atoms with van der Waals surface area (Å²) in [6.07, 6.45) is 8.27. The molecule has 0 spiro atoms. The van der Waals surface area contributed by atoms with Crippen LogP contribution in [0, 0.1) is 5.92 Å². The molecule has 5 heteroatoms. The molecular weight excluding hydrogens is 280 g/mol. The first kappa shape index (κ1) is 11.0. The molecule has 1 aliphatic heterocycles. The van der Waals surface area contributed by atoms with Crippen molar-refractivity contribution in [1.82, 2.24) is 14.4 Å². The van der Waals surface area contributed by atoms with Gasteiger partial charge in [0.25, 0.3) is 0 Å². The molecule has 1 fully saturated rings. The third-order valence-corrected chi connectivity index (χ3v) is 3.67. The molecule has 1 saturated heterocycles. The van der Waals surface area contributed by atoms with Crippen molar-refractivity contribution in [1.29, 1.82) is 0 Å². The molecule has 1 atom stereocenters. The SMILES string of the molecule is CC1CCCN(c2nc(Br)cn3ccnc23)C1. The van der Waals surface area contributed by atoms with E-state index < -0.39 is 0 Å². The van der Waals surface area contributed by atoms with Crippen molar-refractivity contribution in [3.8, 4) is 0 Å². The highest BCUT2D eigenvalue weighted by Crippen LogP contribution is 2.25. The highest BCUT2D eigenvalue weighted by molar-refractivity contribution is 9.10. The van der Waals surface area contributed by atoms with Crippen LogP contribution in [0.15, 0.2) is 23.2 Å². The zero-order chi connectivity index (χ0) is 11.8. The summed E-state index contributed by atoms with van der Waals surface area (Å²) in [5.41, 5.74) is 0.947. The fourth-order valence-corrected chi connectivity index (χ4v) is 2.87. The summed E-state index contributed by atoms with van der Waals surface area (Å²) in [6, 6.07) is 0. The van der Waals surface area contributed by atoms with E-state index in [2.05, 4.69) is 37.7 Å². The first-order chi connectivity index (χ1) is 8.24. The van der Waals surface area contributed by atoms with Crippen LogP contribution >= 0.6 is 15.9 Å². The molecule has 2 aromatic rings. The average Bonchev–Trinajstić information content (AvgIpc) is 2.75. The molecule has 0 N–H and O–H groups in total. The Balaban J connectivity index is 2.06. The Labute approximate surface area is 109 Å². The number of halogens is 1. The number of nitrogens with zero attached hydrogens (tertiary/aromatic N) is 4. The number of aromatic nitrogens is 3. The predicted octanol–water partition coefficient (Wildman–Crippen LogP) is 2.73. The average molecular weight is 295 g/mol. The first-order valence-corrected chi connectivity index (χ1v) is 6.77.